The number of halogens is 1. The van der Waals surface area contributed by atoms with E-state index in [0.29, 0.717) is 0 Å². The lowest BCUT2D eigenvalue weighted by molar-refractivity contribution is 1.29. The average Bonchev–Trinajstić information content (AvgIpc) is 3.42. The Labute approximate surface area is 281 Å². The molecule has 0 saturated heterocycles. The molecule has 0 aromatic heterocycles. The first-order valence-electron chi connectivity index (χ1n) is 16.0. The van der Waals surface area contributed by atoms with Crippen LogP contribution >= 0.6 is 11.6 Å². The van der Waals surface area contributed by atoms with E-state index in [0.717, 1.165) is 22.1 Å². The molecule has 3 heteroatoms. The molecule has 47 heavy (non-hydrogen) atoms. The van der Waals surface area contributed by atoms with Crippen LogP contribution in [0.25, 0.3) is 32.7 Å². The maximum Gasteiger partial charge on any atom is 0.181 e. The van der Waals surface area contributed by atoms with Crippen LogP contribution in [0, 0.1) is 0 Å². The molecule has 0 amide bonds. The highest BCUT2D eigenvalue weighted by molar-refractivity contribution is 7.23. The van der Waals surface area contributed by atoms with Crippen LogP contribution < -0.4 is 25.6 Å². The summed E-state index contributed by atoms with van der Waals surface area (Å²) in [6.45, 7) is 0. The minimum Gasteiger partial charge on any atom is -0.310 e. The van der Waals surface area contributed by atoms with E-state index in [-0.39, 0.29) is 0 Å². The summed E-state index contributed by atoms with van der Waals surface area (Å²) in [5.74, 6) is 0. The monoisotopic (exact) mass is 635 g/mol. The highest BCUT2D eigenvalue weighted by Gasteiger charge is 2.49. The van der Waals surface area contributed by atoms with E-state index in [1.54, 1.807) is 0 Å². The molecule has 8 aromatic carbocycles. The third-order valence-corrected chi connectivity index (χ3v) is 14.9. The first-order valence-corrected chi connectivity index (χ1v) is 18.4. The molecule has 0 radical (unpaired) electrons. The zero-order valence-electron chi connectivity index (χ0n) is 25.6. The van der Waals surface area contributed by atoms with Crippen molar-refractivity contribution in [3.63, 3.8) is 0 Å². The van der Waals surface area contributed by atoms with Crippen LogP contribution in [0.15, 0.2) is 182 Å². The molecule has 0 aliphatic carbocycles. The van der Waals surface area contributed by atoms with Gasteiger partial charge in [0, 0.05) is 22.1 Å². The molecule has 0 N–H and O–H groups in total. The number of anilines is 3. The molecular weight excluding hydrogens is 606 g/mol. The van der Waals surface area contributed by atoms with Crippen LogP contribution in [0.2, 0.25) is 5.02 Å². The number of hydrogen-bond acceptors (Lipinski definition) is 1. The Morgan fingerprint density at radius 1 is 0.383 bits per heavy atom. The number of para-hydroxylation sites is 2. The number of hydrogen-bond donors (Lipinski definition) is 0. The van der Waals surface area contributed by atoms with Gasteiger partial charge in [-0.2, -0.15) is 0 Å². The van der Waals surface area contributed by atoms with Gasteiger partial charge in [-0.1, -0.05) is 145 Å². The molecule has 1 heterocycles. The van der Waals surface area contributed by atoms with Crippen LogP contribution in [-0.4, -0.2) is 8.07 Å². The number of rotatable bonds is 5. The molecule has 0 saturated carbocycles. The number of nitrogens with zero attached hydrogens (tertiary/aromatic N) is 1. The SMILES string of the molecule is Clc1ccc2c(c1)-c1cc(N(c3ccccc3)c3ccccc3)ccc1[Si]2(c1ccccc1)c1cc2ccccc2c2ccccc12. The summed E-state index contributed by atoms with van der Waals surface area (Å²) in [7, 11) is -2.82. The molecule has 1 aliphatic heterocycles. The summed E-state index contributed by atoms with van der Waals surface area (Å²) in [6, 6.07) is 66.4. The van der Waals surface area contributed by atoms with Crippen LogP contribution in [-0.2, 0) is 0 Å². The van der Waals surface area contributed by atoms with Crippen molar-refractivity contribution in [2.24, 2.45) is 0 Å². The Kier molecular flexibility index (Phi) is 6.60. The van der Waals surface area contributed by atoms with Gasteiger partial charge in [0.25, 0.3) is 0 Å². The van der Waals surface area contributed by atoms with Gasteiger partial charge in [-0.05, 0) is 102 Å². The molecule has 0 bridgehead atoms. The zero-order valence-corrected chi connectivity index (χ0v) is 27.4. The van der Waals surface area contributed by atoms with E-state index in [1.807, 2.05) is 0 Å². The van der Waals surface area contributed by atoms with Crippen molar-refractivity contribution in [1.82, 2.24) is 0 Å². The predicted octanol–water partition coefficient (Wildman–Crippen LogP) is 9.47. The van der Waals surface area contributed by atoms with Crippen molar-refractivity contribution in [2.45, 2.75) is 0 Å². The first kappa shape index (κ1) is 27.9. The molecule has 0 fully saturated rings. The van der Waals surface area contributed by atoms with Gasteiger partial charge in [-0.15, -0.1) is 0 Å². The van der Waals surface area contributed by atoms with E-state index in [9.17, 15) is 0 Å². The molecule has 1 aliphatic rings. The Morgan fingerprint density at radius 2 is 0.915 bits per heavy atom. The van der Waals surface area contributed by atoms with Gasteiger partial charge in [0.2, 0.25) is 0 Å². The second-order valence-electron chi connectivity index (χ2n) is 12.2. The van der Waals surface area contributed by atoms with Gasteiger partial charge in [-0.3, -0.25) is 0 Å². The second-order valence-corrected chi connectivity index (χ2v) is 16.4. The van der Waals surface area contributed by atoms with Gasteiger partial charge in [0.1, 0.15) is 0 Å². The Hall–Kier alpha value is -5.41. The zero-order chi connectivity index (χ0) is 31.4. The maximum absolute atomic E-state index is 6.85. The third-order valence-electron chi connectivity index (χ3n) is 9.75. The topological polar surface area (TPSA) is 3.24 Å². The quantitative estimate of drug-likeness (QED) is 0.134. The van der Waals surface area contributed by atoms with Crippen LogP contribution in [0.1, 0.15) is 0 Å². The highest BCUT2D eigenvalue weighted by atomic mass is 35.5. The summed E-state index contributed by atoms with van der Waals surface area (Å²) in [4.78, 5) is 2.35. The minimum atomic E-state index is -2.82. The van der Waals surface area contributed by atoms with Crippen LogP contribution in [0.3, 0.4) is 0 Å². The highest BCUT2D eigenvalue weighted by Crippen LogP contribution is 2.39. The van der Waals surface area contributed by atoms with E-state index in [2.05, 4.69) is 187 Å². The van der Waals surface area contributed by atoms with E-state index < -0.39 is 8.07 Å². The van der Waals surface area contributed by atoms with Crippen LogP contribution in [0.5, 0.6) is 0 Å². The predicted molar refractivity (Wildman–Crippen MR) is 204 cm³/mol. The standard InChI is InChI=1S/C44H30ClNSi/c45-32-24-26-42-40(29-32)41-30-35(46(33-15-4-1-5-16-33)34-17-6-2-7-18-34)25-27-43(41)47(42,36-19-8-3-9-20-36)44-28-31-14-10-11-21-37(31)38-22-12-13-23-39(38)44/h1-30H. The fourth-order valence-corrected chi connectivity index (χ4v) is 13.4. The second kappa shape index (κ2) is 11.1. The first-order chi connectivity index (χ1) is 23.2. The molecule has 1 atom stereocenters. The van der Waals surface area contributed by atoms with Crippen molar-refractivity contribution in [3.05, 3.63) is 187 Å². The fraction of sp³-hybridized carbons (Fsp3) is 0. The summed E-state index contributed by atoms with van der Waals surface area (Å²) < 4.78 is 0. The Morgan fingerprint density at radius 3 is 1.60 bits per heavy atom. The average molecular weight is 636 g/mol. The van der Waals surface area contributed by atoms with Crippen molar-refractivity contribution in [2.75, 3.05) is 4.90 Å². The van der Waals surface area contributed by atoms with Crippen LogP contribution in [0.4, 0.5) is 17.1 Å². The van der Waals surface area contributed by atoms with E-state index in [1.165, 1.54) is 53.4 Å². The molecule has 9 rings (SSSR count). The van der Waals surface area contributed by atoms with Crippen molar-refractivity contribution in [1.29, 1.82) is 0 Å². The molecule has 1 unspecified atom stereocenters. The van der Waals surface area contributed by atoms with Gasteiger partial charge >= 0.3 is 0 Å². The van der Waals surface area contributed by atoms with Crippen molar-refractivity contribution in [3.8, 4) is 11.1 Å². The van der Waals surface area contributed by atoms with Crippen molar-refractivity contribution < 1.29 is 0 Å². The molecular formula is C44H30ClNSi. The van der Waals surface area contributed by atoms with Gasteiger partial charge in [0.05, 0.1) is 0 Å². The maximum atomic E-state index is 6.85. The smallest absolute Gasteiger partial charge is 0.181 e. The number of benzene rings is 8. The van der Waals surface area contributed by atoms with Gasteiger partial charge in [0.15, 0.2) is 8.07 Å². The summed E-state index contributed by atoms with van der Waals surface area (Å²) >= 11 is 6.85. The lowest BCUT2D eigenvalue weighted by Crippen LogP contribution is -2.73. The van der Waals surface area contributed by atoms with Gasteiger partial charge in [-0.25, -0.2) is 0 Å². The molecule has 1 nitrogen and oxygen atoms in total. The van der Waals surface area contributed by atoms with Crippen molar-refractivity contribution >= 4 is 79.0 Å². The Bertz CT molecular complexity index is 2390. The van der Waals surface area contributed by atoms with Gasteiger partial charge < -0.3 is 4.90 Å². The van der Waals surface area contributed by atoms with E-state index >= 15 is 0 Å². The molecule has 222 valence electrons. The lowest BCUT2D eigenvalue weighted by Gasteiger charge is -2.33. The Balaban J connectivity index is 1.40. The largest absolute Gasteiger partial charge is 0.310 e. The number of fused-ring (bicyclic) bond motifs is 6. The fourth-order valence-electron chi connectivity index (χ4n) is 7.84. The summed E-state index contributed by atoms with van der Waals surface area (Å²) in [6.07, 6.45) is 0. The lowest BCUT2D eigenvalue weighted by atomic mass is 10.0. The minimum absolute atomic E-state index is 0.754. The molecule has 0 spiro atoms. The summed E-state index contributed by atoms with van der Waals surface area (Å²) in [5, 5.41) is 11.5. The summed E-state index contributed by atoms with van der Waals surface area (Å²) in [5.41, 5.74) is 5.84. The normalized spacial score (nSPS) is 15.0. The van der Waals surface area contributed by atoms with E-state index in [4.69, 9.17) is 11.6 Å². The third kappa shape index (κ3) is 4.30. The molecule has 8 aromatic rings.